The van der Waals surface area contributed by atoms with Crippen molar-refractivity contribution in [2.75, 3.05) is 13.7 Å². The lowest BCUT2D eigenvalue weighted by Crippen LogP contribution is -2.49. The van der Waals surface area contributed by atoms with Crippen LogP contribution in [0.2, 0.25) is 0 Å². The maximum atomic E-state index is 12.2. The lowest BCUT2D eigenvalue weighted by atomic mass is 9.93. The number of hydrogen-bond donors (Lipinski definition) is 1. The molecule has 114 valence electrons. The first-order valence-electron chi connectivity index (χ1n) is 7.83. The number of methoxy groups -OCH3 is 1. The SMILES string of the molecule is COC(=O)C(CN1C2CCC1CC(N)C2)c1ccccc1. The van der Waals surface area contributed by atoms with Crippen LogP contribution < -0.4 is 5.73 Å². The second kappa shape index (κ2) is 6.16. The topological polar surface area (TPSA) is 55.6 Å². The normalized spacial score (nSPS) is 30.1. The van der Waals surface area contributed by atoms with Crippen LogP contribution >= 0.6 is 0 Å². The van der Waals surface area contributed by atoms with Gasteiger partial charge in [0.15, 0.2) is 0 Å². The van der Waals surface area contributed by atoms with Gasteiger partial charge in [-0.1, -0.05) is 30.3 Å². The highest BCUT2D eigenvalue weighted by atomic mass is 16.5. The van der Waals surface area contributed by atoms with E-state index in [0.717, 1.165) is 24.9 Å². The minimum absolute atomic E-state index is 0.143. The Balaban J connectivity index is 1.78. The lowest BCUT2D eigenvalue weighted by Gasteiger charge is -2.39. The van der Waals surface area contributed by atoms with Gasteiger partial charge in [0, 0.05) is 24.7 Å². The van der Waals surface area contributed by atoms with Gasteiger partial charge in [-0.3, -0.25) is 9.69 Å². The molecule has 2 aliphatic rings. The molecule has 0 saturated carbocycles. The van der Waals surface area contributed by atoms with Crippen molar-refractivity contribution in [1.29, 1.82) is 0 Å². The number of esters is 1. The fourth-order valence-electron chi connectivity index (χ4n) is 3.97. The van der Waals surface area contributed by atoms with Crippen LogP contribution in [0, 0.1) is 0 Å². The third kappa shape index (κ3) is 2.97. The fraction of sp³-hybridized carbons (Fsp3) is 0.588. The summed E-state index contributed by atoms with van der Waals surface area (Å²) >= 11 is 0. The maximum absolute atomic E-state index is 12.2. The minimum Gasteiger partial charge on any atom is -0.469 e. The van der Waals surface area contributed by atoms with Crippen molar-refractivity contribution >= 4 is 5.97 Å². The number of carbonyl (C=O) groups excluding carboxylic acids is 1. The van der Waals surface area contributed by atoms with Gasteiger partial charge in [0.05, 0.1) is 13.0 Å². The van der Waals surface area contributed by atoms with E-state index in [1.165, 1.54) is 20.0 Å². The largest absolute Gasteiger partial charge is 0.469 e. The Morgan fingerprint density at radius 3 is 2.48 bits per heavy atom. The molecule has 2 bridgehead atoms. The Morgan fingerprint density at radius 2 is 1.90 bits per heavy atom. The van der Waals surface area contributed by atoms with Crippen molar-refractivity contribution in [1.82, 2.24) is 4.90 Å². The molecule has 0 spiro atoms. The summed E-state index contributed by atoms with van der Waals surface area (Å²) in [4.78, 5) is 14.7. The zero-order chi connectivity index (χ0) is 14.8. The predicted molar refractivity (Wildman–Crippen MR) is 81.9 cm³/mol. The molecule has 2 heterocycles. The van der Waals surface area contributed by atoms with Crippen LogP contribution in [0.5, 0.6) is 0 Å². The molecule has 2 aliphatic heterocycles. The summed E-state index contributed by atoms with van der Waals surface area (Å²) in [5.74, 6) is -0.343. The van der Waals surface area contributed by atoms with Gasteiger partial charge in [-0.15, -0.1) is 0 Å². The minimum atomic E-state index is -0.200. The van der Waals surface area contributed by atoms with Crippen molar-refractivity contribution in [3.05, 3.63) is 35.9 Å². The van der Waals surface area contributed by atoms with E-state index in [-0.39, 0.29) is 11.9 Å². The second-order valence-corrected chi connectivity index (χ2v) is 6.30. The Hall–Kier alpha value is -1.39. The van der Waals surface area contributed by atoms with E-state index >= 15 is 0 Å². The molecule has 2 fully saturated rings. The van der Waals surface area contributed by atoms with E-state index in [0.29, 0.717) is 18.1 Å². The monoisotopic (exact) mass is 288 g/mol. The second-order valence-electron chi connectivity index (χ2n) is 6.30. The van der Waals surface area contributed by atoms with Crippen LogP contribution in [-0.4, -0.2) is 42.6 Å². The Morgan fingerprint density at radius 1 is 1.29 bits per heavy atom. The van der Waals surface area contributed by atoms with Crippen LogP contribution in [0.3, 0.4) is 0 Å². The molecule has 0 amide bonds. The molecular formula is C17H24N2O2. The molecule has 3 atom stereocenters. The first-order chi connectivity index (χ1) is 10.2. The zero-order valence-corrected chi connectivity index (χ0v) is 12.6. The van der Waals surface area contributed by atoms with Gasteiger partial charge in [-0.25, -0.2) is 0 Å². The quantitative estimate of drug-likeness (QED) is 0.860. The number of nitrogens with zero attached hydrogens (tertiary/aromatic N) is 1. The third-order valence-electron chi connectivity index (χ3n) is 5.00. The van der Waals surface area contributed by atoms with Gasteiger partial charge in [0.25, 0.3) is 0 Å². The standard InChI is InChI=1S/C17H24N2O2/c1-21-17(20)16(12-5-3-2-4-6-12)11-19-14-7-8-15(19)10-13(18)9-14/h2-6,13-16H,7-11,18H2,1H3. The number of fused-ring (bicyclic) bond motifs is 2. The Bertz CT molecular complexity index is 477. The third-order valence-corrected chi connectivity index (χ3v) is 5.00. The van der Waals surface area contributed by atoms with E-state index in [2.05, 4.69) is 4.90 Å². The molecule has 3 rings (SSSR count). The van der Waals surface area contributed by atoms with E-state index in [1.807, 2.05) is 30.3 Å². The molecular weight excluding hydrogens is 264 g/mol. The van der Waals surface area contributed by atoms with Gasteiger partial charge in [-0.05, 0) is 31.2 Å². The number of rotatable bonds is 4. The first-order valence-corrected chi connectivity index (χ1v) is 7.83. The molecule has 21 heavy (non-hydrogen) atoms. The summed E-state index contributed by atoms with van der Waals surface area (Å²) in [6.07, 6.45) is 4.53. The summed E-state index contributed by atoms with van der Waals surface area (Å²) in [5, 5.41) is 0. The van der Waals surface area contributed by atoms with Crippen molar-refractivity contribution in [2.24, 2.45) is 5.73 Å². The molecule has 0 radical (unpaired) electrons. The summed E-state index contributed by atoms with van der Waals surface area (Å²) < 4.78 is 5.03. The van der Waals surface area contributed by atoms with Gasteiger partial charge < -0.3 is 10.5 Å². The van der Waals surface area contributed by atoms with Gasteiger partial charge >= 0.3 is 5.97 Å². The molecule has 0 aromatic heterocycles. The van der Waals surface area contributed by atoms with Crippen molar-refractivity contribution in [3.8, 4) is 0 Å². The highest BCUT2D eigenvalue weighted by Gasteiger charge is 2.41. The molecule has 4 heteroatoms. The molecule has 1 aromatic rings. The van der Waals surface area contributed by atoms with E-state index in [9.17, 15) is 4.79 Å². The molecule has 3 unspecified atom stereocenters. The predicted octanol–water partition coefficient (Wildman–Crippen LogP) is 1.90. The number of hydrogen-bond acceptors (Lipinski definition) is 4. The van der Waals surface area contributed by atoms with Gasteiger partial charge in [-0.2, -0.15) is 0 Å². The first kappa shape index (κ1) is 14.5. The highest BCUT2D eigenvalue weighted by Crippen LogP contribution is 2.36. The average Bonchev–Trinajstić information content (AvgIpc) is 2.74. The lowest BCUT2D eigenvalue weighted by molar-refractivity contribution is -0.143. The number of carbonyl (C=O) groups is 1. The number of piperidine rings is 1. The van der Waals surface area contributed by atoms with E-state index < -0.39 is 0 Å². The van der Waals surface area contributed by atoms with Crippen LogP contribution in [0.25, 0.3) is 0 Å². The smallest absolute Gasteiger partial charge is 0.314 e. The van der Waals surface area contributed by atoms with Gasteiger partial charge in [0.2, 0.25) is 0 Å². The van der Waals surface area contributed by atoms with Crippen LogP contribution in [-0.2, 0) is 9.53 Å². The Labute approximate surface area is 126 Å². The van der Waals surface area contributed by atoms with Gasteiger partial charge in [0.1, 0.15) is 0 Å². The number of nitrogens with two attached hydrogens (primary N) is 1. The summed E-state index contributed by atoms with van der Waals surface area (Å²) in [6, 6.07) is 11.4. The Kier molecular flexibility index (Phi) is 4.27. The number of ether oxygens (including phenoxy) is 1. The van der Waals surface area contributed by atoms with Crippen LogP contribution in [0.4, 0.5) is 0 Å². The molecule has 2 N–H and O–H groups in total. The molecule has 0 aliphatic carbocycles. The fourth-order valence-corrected chi connectivity index (χ4v) is 3.97. The van der Waals surface area contributed by atoms with Crippen molar-refractivity contribution in [2.45, 2.75) is 49.7 Å². The van der Waals surface area contributed by atoms with Crippen LogP contribution in [0.15, 0.2) is 30.3 Å². The zero-order valence-electron chi connectivity index (χ0n) is 12.6. The van der Waals surface area contributed by atoms with Crippen molar-refractivity contribution < 1.29 is 9.53 Å². The van der Waals surface area contributed by atoms with Crippen LogP contribution in [0.1, 0.15) is 37.2 Å². The number of benzene rings is 1. The maximum Gasteiger partial charge on any atom is 0.314 e. The van der Waals surface area contributed by atoms with Crippen molar-refractivity contribution in [3.63, 3.8) is 0 Å². The molecule has 2 saturated heterocycles. The summed E-state index contributed by atoms with van der Waals surface area (Å²) in [5.41, 5.74) is 7.17. The molecule has 4 nitrogen and oxygen atoms in total. The van der Waals surface area contributed by atoms with E-state index in [1.54, 1.807) is 0 Å². The summed E-state index contributed by atoms with van der Waals surface area (Å²) in [7, 11) is 1.47. The molecule has 1 aromatic carbocycles. The highest BCUT2D eigenvalue weighted by molar-refractivity contribution is 5.78. The van der Waals surface area contributed by atoms with E-state index in [4.69, 9.17) is 10.5 Å². The average molecular weight is 288 g/mol. The summed E-state index contributed by atoms with van der Waals surface area (Å²) in [6.45, 7) is 0.749.